The molecule has 11 heteroatoms. The molecule has 0 fully saturated rings. The summed E-state index contributed by atoms with van der Waals surface area (Å²) in [5, 5.41) is 0. The Hall–Kier alpha value is -0.750. The van der Waals surface area contributed by atoms with Crippen LogP contribution in [0.1, 0.15) is 0 Å². The molecule has 13 heavy (non-hydrogen) atoms. The van der Waals surface area contributed by atoms with Crippen molar-refractivity contribution in [1.82, 2.24) is 0 Å². The van der Waals surface area contributed by atoms with Crippen molar-refractivity contribution in [2.24, 2.45) is 11.5 Å². The van der Waals surface area contributed by atoms with Crippen molar-refractivity contribution in [3.63, 3.8) is 0 Å². The third-order valence-corrected chi connectivity index (χ3v) is 4.31. The van der Waals surface area contributed by atoms with Crippen LogP contribution in [-0.2, 0) is 25.0 Å². The number of rotatable bonds is 3. The zero-order chi connectivity index (χ0) is 11.1. The van der Waals surface area contributed by atoms with E-state index in [4.69, 9.17) is 9.11 Å². The van der Waals surface area contributed by atoms with E-state index < -0.39 is 30.3 Å². The Bertz CT molecular complexity index is 385. The molecule has 0 saturated carbocycles. The van der Waals surface area contributed by atoms with Gasteiger partial charge in [0.1, 0.15) is 0 Å². The molecule has 0 atom stereocenters. The number of carbonyl (C=O) groups excluding carboxylic acids is 1. The van der Waals surface area contributed by atoms with E-state index >= 15 is 0 Å². The summed E-state index contributed by atoms with van der Waals surface area (Å²) >= 11 is 0. The van der Waals surface area contributed by atoms with Gasteiger partial charge in [-0.15, -0.1) is 0 Å². The van der Waals surface area contributed by atoms with Gasteiger partial charge in [0.15, 0.2) is 0 Å². The molecule has 0 unspecified atom stereocenters. The summed E-state index contributed by atoms with van der Waals surface area (Å²) in [5.41, 5.74) is 8.75. The van der Waals surface area contributed by atoms with Gasteiger partial charge in [-0.25, -0.2) is 0 Å². The minimum absolute atomic E-state index is 2.11. The van der Waals surface area contributed by atoms with Crippen LogP contribution in [0, 0.1) is 0 Å². The molecule has 6 N–H and O–H groups in total. The van der Waals surface area contributed by atoms with Gasteiger partial charge in [-0.05, 0) is 0 Å². The lowest BCUT2D eigenvalue weighted by Gasteiger charge is -2.17. The van der Waals surface area contributed by atoms with E-state index in [0.29, 0.717) is 0 Å². The van der Waals surface area contributed by atoms with E-state index in [-0.39, 0.29) is 0 Å². The number of amides is 1. The van der Waals surface area contributed by atoms with Gasteiger partial charge in [0, 0.05) is 0 Å². The predicted molar refractivity (Wildman–Crippen MR) is 39.2 cm³/mol. The Morgan fingerprint density at radius 3 is 1.31 bits per heavy atom. The lowest BCUT2D eigenvalue weighted by atomic mass is 10.6. The summed E-state index contributed by atoms with van der Waals surface area (Å²) in [4.78, 5) is 10.3. The number of hydrogen-bond donors (Lipinski definition) is 4. The molecule has 0 bridgehead atoms. The fourth-order valence-electron chi connectivity index (χ4n) is 0.387. The van der Waals surface area contributed by atoms with Gasteiger partial charge in [0.25, 0.3) is 5.91 Å². The molecule has 0 aliphatic carbocycles. The van der Waals surface area contributed by atoms with Crippen LogP contribution in [-0.4, -0.2) is 36.1 Å². The van der Waals surface area contributed by atoms with Crippen LogP contribution in [0.15, 0.2) is 0 Å². The van der Waals surface area contributed by atoms with Gasteiger partial charge in [-0.2, -0.15) is 16.8 Å². The average molecular weight is 234 g/mol. The van der Waals surface area contributed by atoms with E-state index in [1.165, 1.54) is 0 Å². The minimum Gasteiger partial charge on any atom is -0.366 e. The summed E-state index contributed by atoms with van der Waals surface area (Å²) in [5.74, 6) is -2.11. The Kier molecular flexibility index (Phi) is 2.72. The molecule has 0 aliphatic rings. The minimum atomic E-state index is -5.56. The lowest BCUT2D eigenvalue weighted by molar-refractivity contribution is -0.118. The normalized spacial score (nSPS) is 14.1. The highest BCUT2D eigenvalue weighted by atomic mass is 32.3. The molecule has 0 saturated heterocycles. The van der Waals surface area contributed by atoms with Crippen LogP contribution in [0.25, 0.3) is 0 Å². The summed E-state index contributed by atoms with van der Waals surface area (Å²) in [6.07, 6.45) is 0. The molecular formula is C2H6N2O7S2. The number of nitrogens with two attached hydrogens (primary N) is 2. The first-order chi connectivity index (χ1) is 5.44. The molecule has 1 amide bonds. The van der Waals surface area contributed by atoms with Crippen molar-refractivity contribution >= 4 is 26.1 Å². The molecule has 9 nitrogen and oxygen atoms in total. The SMILES string of the molecule is NC(=O)C(N)(S(=O)(=O)O)S(=O)(=O)O. The first-order valence-electron chi connectivity index (χ1n) is 2.47. The van der Waals surface area contributed by atoms with Crippen molar-refractivity contribution in [3.8, 4) is 0 Å². The monoisotopic (exact) mass is 234 g/mol. The van der Waals surface area contributed by atoms with E-state index in [9.17, 15) is 21.6 Å². The first-order valence-corrected chi connectivity index (χ1v) is 5.35. The maximum atomic E-state index is 10.3. The molecule has 78 valence electrons. The third-order valence-electron chi connectivity index (χ3n) is 1.11. The molecule has 0 aromatic heterocycles. The smallest absolute Gasteiger partial charge is 0.348 e. The quantitative estimate of drug-likeness (QED) is 0.370. The highest BCUT2D eigenvalue weighted by Crippen LogP contribution is 2.15. The van der Waals surface area contributed by atoms with E-state index in [0.717, 1.165) is 0 Å². The molecule has 0 spiro atoms. The second-order valence-corrected chi connectivity index (χ2v) is 5.43. The number of primary amides is 1. The summed E-state index contributed by atoms with van der Waals surface area (Å²) < 4.78 is 53.9. The van der Waals surface area contributed by atoms with Gasteiger partial charge in [0.05, 0.1) is 0 Å². The molecule has 0 radical (unpaired) electrons. The largest absolute Gasteiger partial charge is 0.366 e. The fourth-order valence-corrected chi connectivity index (χ4v) is 1.96. The summed E-state index contributed by atoms with van der Waals surface area (Å²) in [7, 11) is -11.1. The Morgan fingerprint density at radius 2 is 1.31 bits per heavy atom. The van der Waals surface area contributed by atoms with Crippen molar-refractivity contribution in [1.29, 1.82) is 0 Å². The first kappa shape index (κ1) is 12.2. The van der Waals surface area contributed by atoms with Crippen molar-refractivity contribution in [2.45, 2.75) is 4.20 Å². The zero-order valence-electron chi connectivity index (χ0n) is 5.91. The Morgan fingerprint density at radius 1 is 1.08 bits per heavy atom. The van der Waals surface area contributed by atoms with Gasteiger partial charge >= 0.3 is 24.4 Å². The number of hydrogen-bond acceptors (Lipinski definition) is 6. The second-order valence-electron chi connectivity index (χ2n) is 1.98. The van der Waals surface area contributed by atoms with Crippen molar-refractivity contribution in [2.75, 3.05) is 0 Å². The highest BCUT2D eigenvalue weighted by Gasteiger charge is 2.57. The fraction of sp³-hybridized carbons (Fsp3) is 0.500. The zero-order valence-corrected chi connectivity index (χ0v) is 7.54. The van der Waals surface area contributed by atoms with E-state index in [2.05, 4.69) is 11.5 Å². The van der Waals surface area contributed by atoms with Crippen LogP contribution in [0.2, 0.25) is 0 Å². The lowest BCUT2D eigenvalue weighted by Crippen LogP contribution is -2.62. The van der Waals surface area contributed by atoms with Crippen molar-refractivity contribution in [3.05, 3.63) is 0 Å². The van der Waals surface area contributed by atoms with Crippen LogP contribution >= 0.6 is 0 Å². The van der Waals surface area contributed by atoms with Crippen LogP contribution in [0.4, 0.5) is 0 Å². The van der Waals surface area contributed by atoms with Crippen LogP contribution < -0.4 is 11.5 Å². The topological polar surface area (TPSA) is 178 Å². The van der Waals surface area contributed by atoms with Gasteiger partial charge < -0.3 is 5.73 Å². The maximum absolute atomic E-state index is 10.3. The van der Waals surface area contributed by atoms with Crippen molar-refractivity contribution < 1.29 is 30.7 Å². The molecular weight excluding hydrogens is 228 g/mol. The molecule has 0 aromatic rings. The number of carbonyl (C=O) groups is 1. The summed E-state index contributed by atoms with van der Waals surface area (Å²) in [6.45, 7) is 0. The molecule has 0 rings (SSSR count). The maximum Gasteiger partial charge on any atom is 0.348 e. The standard InChI is InChI=1S/C2H6N2O7S2/c3-1(5)2(4,12(6,7)8)13(9,10)11/h4H2,(H2,3,5)(H,6,7,8)(H,9,10,11). The van der Waals surface area contributed by atoms with E-state index in [1.54, 1.807) is 0 Å². The molecule has 0 aromatic carbocycles. The Labute approximate surface area is 73.2 Å². The van der Waals surface area contributed by atoms with Crippen LogP contribution in [0.5, 0.6) is 0 Å². The highest BCUT2D eigenvalue weighted by molar-refractivity contribution is 8.06. The predicted octanol–water partition coefficient (Wildman–Crippen LogP) is -3.14. The molecule has 0 heterocycles. The Balaban J connectivity index is 5.96. The van der Waals surface area contributed by atoms with Crippen LogP contribution in [0.3, 0.4) is 0 Å². The van der Waals surface area contributed by atoms with Gasteiger partial charge in [0.2, 0.25) is 0 Å². The average Bonchev–Trinajstić information content (AvgIpc) is 1.80. The molecule has 0 aliphatic heterocycles. The second kappa shape index (κ2) is 2.88. The van der Waals surface area contributed by atoms with E-state index in [1.807, 2.05) is 0 Å². The summed E-state index contributed by atoms with van der Waals surface area (Å²) in [6, 6.07) is 0. The van der Waals surface area contributed by atoms with Gasteiger partial charge in [-0.3, -0.25) is 19.6 Å². The third kappa shape index (κ3) is 1.78. The van der Waals surface area contributed by atoms with Gasteiger partial charge in [-0.1, -0.05) is 0 Å².